The summed E-state index contributed by atoms with van der Waals surface area (Å²) in [4.78, 5) is 10.8. The van der Waals surface area contributed by atoms with Gasteiger partial charge in [0.05, 0.1) is 18.1 Å². The van der Waals surface area contributed by atoms with Crippen molar-refractivity contribution in [2.75, 3.05) is 7.11 Å². The molecule has 2 aromatic carbocycles. The minimum atomic E-state index is -1.36. The van der Waals surface area contributed by atoms with Crippen LogP contribution in [0.15, 0.2) is 36.4 Å². The Balaban J connectivity index is 2.23. The summed E-state index contributed by atoms with van der Waals surface area (Å²) in [5, 5.41) is 10.9. The average Bonchev–Trinajstić information content (AvgIpc) is 2.46. The number of methoxy groups -OCH3 is 1. The van der Waals surface area contributed by atoms with Crippen molar-refractivity contribution in [3.8, 4) is 11.5 Å². The molecule has 0 bridgehead atoms. The number of hydrogen-bond acceptors (Lipinski definition) is 4. The summed E-state index contributed by atoms with van der Waals surface area (Å²) in [5.74, 6) is -1.30. The summed E-state index contributed by atoms with van der Waals surface area (Å²) >= 11 is 5.99. The molecule has 0 aromatic heterocycles. The van der Waals surface area contributed by atoms with Crippen LogP contribution in [0, 0.1) is 5.82 Å². The number of carboxylic acids is 1. The van der Waals surface area contributed by atoms with Crippen LogP contribution in [0.25, 0.3) is 0 Å². The Hall–Kier alpha value is -2.27. The molecule has 0 atom stereocenters. The second-order valence-corrected chi connectivity index (χ2v) is 4.60. The summed E-state index contributed by atoms with van der Waals surface area (Å²) in [6.07, 6.45) is 0. The molecular formula is C15H11ClFO4-. The van der Waals surface area contributed by atoms with E-state index in [1.54, 1.807) is 12.1 Å². The molecule has 0 aliphatic heterocycles. The summed E-state index contributed by atoms with van der Waals surface area (Å²) in [5.41, 5.74) is 0.629. The molecular weight excluding hydrogens is 299 g/mol. The number of carboxylic acid groups (broad SMARTS) is 1. The van der Waals surface area contributed by atoms with Crippen molar-refractivity contribution < 1.29 is 23.8 Å². The van der Waals surface area contributed by atoms with E-state index >= 15 is 0 Å². The van der Waals surface area contributed by atoms with Gasteiger partial charge in [-0.3, -0.25) is 0 Å². The molecule has 0 aliphatic carbocycles. The van der Waals surface area contributed by atoms with Crippen molar-refractivity contribution in [1.82, 2.24) is 0 Å². The van der Waals surface area contributed by atoms with E-state index in [1.165, 1.54) is 31.4 Å². The van der Waals surface area contributed by atoms with E-state index in [0.717, 1.165) is 5.56 Å². The minimum absolute atomic E-state index is 0.0932. The van der Waals surface area contributed by atoms with Gasteiger partial charge in [0.25, 0.3) is 0 Å². The Morgan fingerprint density at radius 3 is 2.52 bits per heavy atom. The molecule has 0 aliphatic rings. The maximum absolute atomic E-state index is 12.8. The van der Waals surface area contributed by atoms with E-state index in [9.17, 15) is 14.3 Å². The highest BCUT2D eigenvalue weighted by atomic mass is 35.5. The third-order valence-electron chi connectivity index (χ3n) is 2.76. The highest BCUT2D eigenvalue weighted by Gasteiger charge is 2.13. The third kappa shape index (κ3) is 3.64. The maximum Gasteiger partial charge on any atom is 0.180 e. The molecule has 110 valence electrons. The van der Waals surface area contributed by atoms with Crippen molar-refractivity contribution in [2.45, 2.75) is 6.61 Å². The predicted molar refractivity (Wildman–Crippen MR) is 73.1 cm³/mol. The Morgan fingerprint density at radius 1 is 1.29 bits per heavy atom. The van der Waals surface area contributed by atoms with Gasteiger partial charge < -0.3 is 19.4 Å². The number of aromatic carboxylic acids is 1. The van der Waals surface area contributed by atoms with Gasteiger partial charge in [0.1, 0.15) is 12.4 Å². The monoisotopic (exact) mass is 309 g/mol. The molecule has 0 spiro atoms. The first kappa shape index (κ1) is 15.1. The van der Waals surface area contributed by atoms with Crippen LogP contribution in [0.3, 0.4) is 0 Å². The Kier molecular flexibility index (Phi) is 4.65. The average molecular weight is 310 g/mol. The second-order valence-electron chi connectivity index (χ2n) is 4.19. The fraction of sp³-hybridized carbons (Fsp3) is 0.133. The topological polar surface area (TPSA) is 58.6 Å². The van der Waals surface area contributed by atoms with Gasteiger partial charge in [-0.2, -0.15) is 0 Å². The smallest absolute Gasteiger partial charge is 0.180 e. The molecule has 0 saturated carbocycles. The van der Waals surface area contributed by atoms with Crippen molar-refractivity contribution in [3.05, 3.63) is 58.4 Å². The van der Waals surface area contributed by atoms with Crippen LogP contribution in [-0.4, -0.2) is 13.1 Å². The number of carbonyl (C=O) groups is 1. The van der Waals surface area contributed by atoms with Crippen LogP contribution >= 0.6 is 11.6 Å². The van der Waals surface area contributed by atoms with Gasteiger partial charge in [-0.1, -0.05) is 23.7 Å². The molecule has 0 amide bonds. The summed E-state index contributed by atoms with van der Waals surface area (Å²) in [6.45, 7) is 0.140. The Labute approximate surface area is 125 Å². The molecule has 2 rings (SSSR count). The zero-order valence-electron chi connectivity index (χ0n) is 11.1. The first-order valence-corrected chi connectivity index (χ1v) is 6.35. The molecule has 0 radical (unpaired) electrons. The molecule has 0 unspecified atom stereocenters. The molecule has 4 nitrogen and oxygen atoms in total. The lowest BCUT2D eigenvalue weighted by Gasteiger charge is -2.14. The number of hydrogen-bond donors (Lipinski definition) is 0. The van der Waals surface area contributed by atoms with Gasteiger partial charge >= 0.3 is 0 Å². The van der Waals surface area contributed by atoms with Crippen LogP contribution < -0.4 is 14.6 Å². The molecule has 21 heavy (non-hydrogen) atoms. The molecule has 0 saturated heterocycles. The number of halogens is 2. The molecule has 0 fully saturated rings. The van der Waals surface area contributed by atoms with Crippen molar-refractivity contribution >= 4 is 17.6 Å². The van der Waals surface area contributed by atoms with E-state index in [2.05, 4.69) is 0 Å². The highest BCUT2D eigenvalue weighted by molar-refractivity contribution is 6.32. The van der Waals surface area contributed by atoms with Gasteiger partial charge in [-0.25, -0.2) is 4.39 Å². The Morgan fingerprint density at radius 2 is 1.95 bits per heavy atom. The predicted octanol–water partition coefficient (Wildman–Crippen LogP) is 2.43. The maximum atomic E-state index is 12.8. The normalized spacial score (nSPS) is 10.2. The quantitative estimate of drug-likeness (QED) is 0.851. The molecule has 0 N–H and O–H groups in total. The number of ether oxygens (including phenoxy) is 2. The summed E-state index contributed by atoms with van der Waals surface area (Å²) < 4.78 is 23.4. The van der Waals surface area contributed by atoms with Gasteiger partial charge in [0, 0.05) is 5.56 Å². The van der Waals surface area contributed by atoms with Crippen LogP contribution in [0.2, 0.25) is 5.02 Å². The van der Waals surface area contributed by atoms with E-state index in [-0.39, 0.29) is 34.5 Å². The van der Waals surface area contributed by atoms with E-state index in [4.69, 9.17) is 21.1 Å². The number of carbonyl (C=O) groups excluding carboxylic acids is 1. The first-order chi connectivity index (χ1) is 10.0. The fourth-order valence-electron chi connectivity index (χ4n) is 1.71. The van der Waals surface area contributed by atoms with Crippen LogP contribution in [0.4, 0.5) is 4.39 Å². The van der Waals surface area contributed by atoms with Crippen LogP contribution in [0.5, 0.6) is 11.5 Å². The van der Waals surface area contributed by atoms with Crippen LogP contribution in [-0.2, 0) is 6.61 Å². The van der Waals surface area contributed by atoms with Gasteiger partial charge in [0.15, 0.2) is 11.5 Å². The fourth-order valence-corrected chi connectivity index (χ4v) is 1.98. The lowest BCUT2D eigenvalue weighted by atomic mass is 10.2. The van der Waals surface area contributed by atoms with Crippen molar-refractivity contribution in [1.29, 1.82) is 0 Å². The first-order valence-electron chi connectivity index (χ1n) is 5.97. The lowest BCUT2D eigenvalue weighted by Crippen LogP contribution is -2.22. The summed E-state index contributed by atoms with van der Waals surface area (Å²) in [6, 6.07) is 8.27. The molecule has 2 aromatic rings. The highest BCUT2D eigenvalue weighted by Crippen LogP contribution is 2.36. The van der Waals surface area contributed by atoms with Crippen molar-refractivity contribution in [3.63, 3.8) is 0 Å². The largest absolute Gasteiger partial charge is 0.545 e. The zero-order chi connectivity index (χ0) is 15.4. The summed E-state index contributed by atoms with van der Waals surface area (Å²) in [7, 11) is 1.37. The zero-order valence-corrected chi connectivity index (χ0v) is 11.8. The van der Waals surface area contributed by atoms with E-state index in [0.29, 0.717) is 0 Å². The Bertz CT molecular complexity index is 655. The second kappa shape index (κ2) is 6.45. The van der Waals surface area contributed by atoms with E-state index < -0.39 is 5.97 Å². The van der Waals surface area contributed by atoms with Crippen molar-refractivity contribution in [2.24, 2.45) is 0 Å². The van der Waals surface area contributed by atoms with Crippen LogP contribution in [0.1, 0.15) is 15.9 Å². The number of rotatable bonds is 5. The molecule has 6 heteroatoms. The number of benzene rings is 2. The van der Waals surface area contributed by atoms with Gasteiger partial charge in [-0.05, 0) is 29.8 Å². The standard InChI is InChI=1S/C15H12ClFO4/c1-20-13-7-10(15(18)19)6-12(16)14(13)21-8-9-2-4-11(17)5-3-9/h2-7H,8H2,1H3,(H,18,19)/p-1. The lowest BCUT2D eigenvalue weighted by molar-refractivity contribution is -0.255. The minimum Gasteiger partial charge on any atom is -0.545 e. The van der Waals surface area contributed by atoms with Gasteiger partial charge in [-0.15, -0.1) is 0 Å². The molecule has 0 heterocycles. The van der Waals surface area contributed by atoms with E-state index in [1.807, 2.05) is 0 Å². The van der Waals surface area contributed by atoms with Gasteiger partial charge in [0.2, 0.25) is 0 Å². The SMILES string of the molecule is COc1cc(C(=O)[O-])cc(Cl)c1OCc1ccc(F)cc1. The third-order valence-corrected chi connectivity index (χ3v) is 3.04.